The van der Waals surface area contributed by atoms with Gasteiger partial charge in [-0.05, 0) is 6.42 Å². The van der Waals surface area contributed by atoms with E-state index in [1.165, 1.54) is 19.1 Å². The van der Waals surface area contributed by atoms with Gasteiger partial charge in [-0.15, -0.1) is 0 Å². The van der Waals surface area contributed by atoms with Gasteiger partial charge in [0, 0.05) is 22.0 Å². The highest BCUT2D eigenvalue weighted by Crippen LogP contribution is 2.90. The van der Waals surface area contributed by atoms with E-state index in [0.29, 0.717) is 0 Å². The number of aliphatic carboxylic acids is 2. The lowest BCUT2D eigenvalue weighted by Crippen LogP contribution is -2.42. The number of hydrogen-bond acceptors (Lipinski definition) is 5. The molecule has 22 heavy (non-hydrogen) atoms. The van der Waals surface area contributed by atoms with Crippen LogP contribution in [0.2, 0.25) is 0 Å². The fourth-order valence-corrected chi connectivity index (χ4v) is 5.20. The minimum atomic E-state index is -1.39. The van der Waals surface area contributed by atoms with Gasteiger partial charge in [0.05, 0.1) is 0 Å². The summed E-state index contributed by atoms with van der Waals surface area (Å²) in [5.41, 5.74) is -5.18. The van der Waals surface area contributed by atoms with Crippen LogP contribution in [-0.2, 0) is 23.9 Å². The van der Waals surface area contributed by atoms with Gasteiger partial charge in [-0.1, -0.05) is 26.0 Å². The highest BCUT2D eigenvalue weighted by molar-refractivity contribution is 6.15. The maximum atomic E-state index is 12.3. The zero-order valence-corrected chi connectivity index (χ0v) is 11.8. The number of hydrogen-bond donors (Lipinski definition) is 2. The molecule has 2 atom stereocenters. The highest BCUT2D eigenvalue weighted by atomic mass is 16.6. The van der Waals surface area contributed by atoms with Crippen LogP contribution in [0.4, 0.5) is 0 Å². The summed E-state index contributed by atoms with van der Waals surface area (Å²) in [6.07, 6.45) is 2.63. The molecule has 1 aliphatic heterocycles. The summed E-state index contributed by atoms with van der Waals surface area (Å²) >= 11 is 0. The summed E-state index contributed by atoms with van der Waals surface area (Å²) in [7, 11) is 0. The van der Waals surface area contributed by atoms with E-state index >= 15 is 0 Å². The van der Waals surface area contributed by atoms with Crippen molar-refractivity contribution in [1.82, 2.24) is 0 Å². The average molecular weight is 304 g/mol. The summed E-state index contributed by atoms with van der Waals surface area (Å²) in [5.74, 6) is -4.16. The molecular weight excluding hydrogens is 292 g/mol. The fraction of sp³-hybridized carbons (Fsp3) is 0.467. The zero-order chi connectivity index (χ0) is 16.3. The van der Waals surface area contributed by atoms with E-state index in [-0.39, 0.29) is 17.6 Å². The third-order valence-electron chi connectivity index (χ3n) is 6.21. The summed E-state index contributed by atoms with van der Waals surface area (Å²) in [6, 6.07) is 0. The fourth-order valence-electron chi connectivity index (χ4n) is 5.20. The van der Waals surface area contributed by atoms with E-state index in [4.69, 9.17) is 4.74 Å². The quantitative estimate of drug-likeness (QED) is 0.563. The lowest BCUT2D eigenvalue weighted by Gasteiger charge is -2.41. The third kappa shape index (κ3) is 0.866. The van der Waals surface area contributed by atoms with Crippen molar-refractivity contribution in [1.29, 1.82) is 0 Å². The van der Waals surface area contributed by atoms with Gasteiger partial charge in [0.1, 0.15) is 10.8 Å². The highest BCUT2D eigenvalue weighted by Gasteiger charge is 2.97. The van der Waals surface area contributed by atoms with Gasteiger partial charge in [0.2, 0.25) is 0 Å². The first-order chi connectivity index (χ1) is 10.1. The lowest BCUT2D eigenvalue weighted by molar-refractivity contribution is -0.160. The van der Waals surface area contributed by atoms with Crippen LogP contribution in [-0.4, -0.2) is 34.1 Å². The normalized spacial score (nSPS) is 47.2. The Balaban J connectivity index is 2.14. The van der Waals surface area contributed by atoms with E-state index in [1.54, 1.807) is 6.92 Å². The number of esters is 2. The number of carbonyl (C=O) groups excluding carboxylic acids is 2. The summed E-state index contributed by atoms with van der Waals surface area (Å²) in [4.78, 5) is 47.8. The Hall–Kier alpha value is -2.44. The molecule has 0 aromatic rings. The first-order valence-electron chi connectivity index (χ1n) is 6.78. The van der Waals surface area contributed by atoms with Crippen molar-refractivity contribution in [2.75, 3.05) is 0 Å². The molecule has 2 bridgehead atoms. The predicted molar refractivity (Wildman–Crippen MR) is 68.2 cm³/mol. The van der Waals surface area contributed by atoms with Crippen molar-refractivity contribution in [2.24, 2.45) is 21.7 Å². The van der Waals surface area contributed by atoms with Crippen LogP contribution in [0.3, 0.4) is 0 Å². The minimum Gasteiger partial charge on any atom is -0.478 e. The first kappa shape index (κ1) is 13.2. The molecule has 4 rings (SSSR count). The molecule has 2 unspecified atom stereocenters. The molecular formula is C15H12O7. The standard InChI is InChI=1S/C15H12O7/c1-12-5-13(2)14(3-6(12)8(16)17)10(20)22-11(21)15(13,14)4-7(12)9(18)19/h3-4H,5H2,1-2H3,(H,16,17)(H,18,19). The van der Waals surface area contributed by atoms with Crippen LogP contribution < -0.4 is 0 Å². The predicted octanol–water partition coefficient (Wildman–Crippen LogP) is 0.508. The minimum absolute atomic E-state index is 0.108. The third-order valence-corrected chi connectivity index (χ3v) is 6.21. The molecule has 7 nitrogen and oxygen atoms in total. The Bertz CT molecular complexity index is 730. The van der Waals surface area contributed by atoms with Crippen molar-refractivity contribution in [3.63, 3.8) is 0 Å². The smallest absolute Gasteiger partial charge is 0.332 e. The van der Waals surface area contributed by atoms with Crippen molar-refractivity contribution in [2.45, 2.75) is 20.3 Å². The van der Waals surface area contributed by atoms with Crippen LogP contribution in [0.1, 0.15) is 20.3 Å². The van der Waals surface area contributed by atoms with Gasteiger partial charge in [-0.3, -0.25) is 9.59 Å². The number of fused-ring (bicyclic) bond motifs is 1. The van der Waals surface area contributed by atoms with Crippen molar-refractivity contribution < 1.29 is 34.1 Å². The monoisotopic (exact) mass is 304 g/mol. The molecule has 0 aromatic heterocycles. The largest absolute Gasteiger partial charge is 0.478 e. The van der Waals surface area contributed by atoms with E-state index in [0.717, 1.165) is 0 Å². The molecule has 1 heterocycles. The molecule has 2 N–H and O–H groups in total. The molecule has 2 spiro atoms. The van der Waals surface area contributed by atoms with E-state index in [9.17, 15) is 29.4 Å². The van der Waals surface area contributed by atoms with Gasteiger partial charge in [0.15, 0.2) is 0 Å². The molecule has 1 saturated carbocycles. The van der Waals surface area contributed by atoms with Gasteiger partial charge in [0.25, 0.3) is 0 Å². The van der Waals surface area contributed by atoms with Gasteiger partial charge in [-0.25, -0.2) is 9.59 Å². The van der Waals surface area contributed by atoms with Gasteiger partial charge < -0.3 is 14.9 Å². The number of carbonyl (C=O) groups is 4. The number of carboxylic acids is 2. The Labute approximate surface area is 124 Å². The second-order valence-corrected chi connectivity index (χ2v) is 6.86. The first-order valence-corrected chi connectivity index (χ1v) is 6.78. The number of cyclic esters (lactones) is 2. The number of rotatable bonds is 2. The zero-order valence-electron chi connectivity index (χ0n) is 11.8. The van der Waals surface area contributed by atoms with Crippen LogP contribution in [0.15, 0.2) is 23.3 Å². The Kier molecular flexibility index (Phi) is 1.81. The summed E-state index contributed by atoms with van der Waals surface area (Å²) in [6.45, 7) is 3.25. The van der Waals surface area contributed by atoms with E-state index in [1.807, 2.05) is 0 Å². The van der Waals surface area contributed by atoms with Crippen molar-refractivity contribution >= 4 is 23.9 Å². The van der Waals surface area contributed by atoms with Crippen LogP contribution in [0.5, 0.6) is 0 Å². The van der Waals surface area contributed by atoms with Crippen LogP contribution in [0.25, 0.3) is 0 Å². The van der Waals surface area contributed by atoms with Crippen molar-refractivity contribution in [3.8, 4) is 0 Å². The molecule has 1 saturated heterocycles. The van der Waals surface area contributed by atoms with E-state index in [2.05, 4.69) is 0 Å². The van der Waals surface area contributed by atoms with Crippen LogP contribution in [0, 0.1) is 21.7 Å². The molecule has 114 valence electrons. The molecule has 4 aliphatic rings. The van der Waals surface area contributed by atoms with Crippen molar-refractivity contribution in [3.05, 3.63) is 23.3 Å². The molecule has 0 amide bonds. The topological polar surface area (TPSA) is 118 Å². The molecule has 2 fully saturated rings. The second-order valence-electron chi connectivity index (χ2n) is 6.86. The number of carboxylic acid groups (broad SMARTS) is 2. The summed E-state index contributed by atoms with van der Waals surface area (Å²) in [5, 5.41) is 19.0. The second kappa shape index (κ2) is 3.02. The molecule has 3 aliphatic carbocycles. The van der Waals surface area contributed by atoms with Crippen LogP contribution >= 0.6 is 0 Å². The Morgan fingerprint density at radius 2 is 1.41 bits per heavy atom. The molecule has 0 aromatic carbocycles. The van der Waals surface area contributed by atoms with Gasteiger partial charge >= 0.3 is 23.9 Å². The average Bonchev–Trinajstić information content (AvgIpc) is 2.83. The summed E-state index contributed by atoms with van der Waals surface area (Å²) < 4.78 is 4.70. The van der Waals surface area contributed by atoms with Gasteiger partial charge in [-0.2, -0.15) is 0 Å². The lowest BCUT2D eigenvalue weighted by atomic mass is 9.61. The van der Waals surface area contributed by atoms with E-state index < -0.39 is 45.5 Å². The maximum Gasteiger partial charge on any atom is 0.332 e. The Morgan fingerprint density at radius 3 is 1.77 bits per heavy atom. The molecule has 0 radical (unpaired) electrons. The maximum absolute atomic E-state index is 12.3. The molecule has 7 heteroatoms. The Morgan fingerprint density at radius 1 is 1.00 bits per heavy atom. The number of ether oxygens (including phenoxy) is 1. The SMILES string of the molecule is CC12CC3(C)C4(C=C1C(=O)O)C(=O)OC(=O)C34C=C2C(=O)O.